The average molecular weight is 123 g/mol. The number of hydrogen-bond acceptors (Lipinski definition) is 0. The van der Waals surface area contributed by atoms with Crippen molar-refractivity contribution in [1.29, 1.82) is 0 Å². The van der Waals surface area contributed by atoms with E-state index in [9.17, 15) is 4.39 Å². The molecule has 0 nitrogen and oxygen atoms in total. The second-order valence-electron chi connectivity index (χ2n) is 2.07. The minimum absolute atomic E-state index is 0.147. The van der Waals surface area contributed by atoms with Gasteiger partial charge in [0.25, 0.3) is 0 Å². The van der Waals surface area contributed by atoms with Gasteiger partial charge in [0.1, 0.15) is 0 Å². The molecule has 0 unspecified atom stereocenters. The first-order valence-electron chi connectivity index (χ1n) is 2.54. The highest BCUT2D eigenvalue weighted by atomic mass is 35.5. The molecule has 0 amide bonds. The van der Waals surface area contributed by atoms with Crippen LogP contribution in [-0.4, -0.2) is 5.13 Å². The predicted molar refractivity (Wildman–Crippen MR) is 28.1 cm³/mol. The van der Waals surface area contributed by atoms with Crippen LogP contribution in [0.2, 0.25) is 0 Å². The third kappa shape index (κ3) is 0.880. The maximum absolute atomic E-state index is 12.2. The van der Waals surface area contributed by atoms with E-state index in [1.165, 1.54) is 0 Å². The highest BCUT2D eigenvalue weighted by Crippen LogP contribution is 2.52. The number of rotatable bonds is 1. The maximum Gasteiger partial charge on any atom is 0.187 e. The largest absolute Gasteiger partial charge is 0.226 e. The Morgan fingerprint density at radius 3 is 2.43 bits per heavy atom. The van der Waals surface area contributed by atoms with Crippen LogP contribution in [0.15, 0.2) is 0 Å². The van der Waals surface area contributed by atoms with Gasteiger partial charge in [-0.15, -0.1) is 0 Å². The summed E-state index contributed by atoms with van der Waals surface area (Å²) in [5.41, 5.74) is 0. The minimum atomic E-state index is -1.31. The molecule has 0 bridgehead atoms. The standard InChI is InChI=1S/C5H8ClF/c1-2-4-3-5(4,6)7/h4H,2-3H2,1H3/t4-,5-/m0/s1. The van der Waals surface area contributed by atoms with E-state index in [1.54, 1.807) is 0 Å². The number of hydrogen-bond donors (Lipinski definition) is 0. The zero-order valence-electron chi connectivity index (χ0n) is 4.25. The Bertz CT molecular complexity index is 80.1. The summed E-state index contributed by atoms with van der Waals surface area (Å²) in [6.07, 6.45) is 1.44. The van der Waals surface area contributed by atoms with Crippen molar-refractivity contribution in [2.45, 2.75) is 24.9 Å². The highest BCUT2D eigenvalue weighted by molar-refractivity contribution is 6.24. The summed E-state index contributed by atoms with van der Waals surface area (Å²) in [4.78, 5) is 0. The molecule has 1 rings (SSSR count). The molecule has 0 aromatic rings. The van der Waals surface area contributed by atoms with Crippen molar-refractivity contribution in [2.75, 3.05) is 0 Å². The fraction of sp³-hybridized carbons (Fsp3) is 1.00. The van der Waals surface area contributed by atoms with Gasteiger partial charge in [-0.1, -0.05) is 18.5 Å². The van der Waals surface area contributed by atoms with E-state index in [-0.39, 0.29) is 5.92 Å². The Morgan fingerprint density at radius 2 is 2.43 bits per heavy atom. The van der Waals surface area contributed by atoms with Gasteiger partial charge in [-0.2, -0.15) is 0 Å². The molecule has 7 heavy (non-hydrogen) atoms. The van der Waals surface area contributed by atoms with E-state index in [2.05, 4.69) is 0 Å². The Kier molecular flexibility index (Phi) is 1.03. The van der Waals surface area contributed by atoms with Crippen LogP contribution in [-0.2, 0) is 0 Å². The molecule has 1 fully saturated rings. The lowest BCUT2D eigenvalue weighted by atomic mass is 10.3. The molecule has 2 heteroatoms. The molecule has 0 heterocycles. The molecule has 0 N–H and O–H groups in total. The van der Waals surface area contributed by atoms with Crippen LogP contribution < -0.4 is 0 Å². The lowest BCUT2D eigenvalue weighted by molar-refractivity contribution is 0.392. The highest BCUT2D eigenvalue weighted by Gasteiger charge is 2.52. The molecular formula is C5H8ClF. The van der Waals surface area contributed by atoms with Gasteiger partial charge in [0.15, 0.2) is 5.13 Å². The molecule has 1 aliphatic rings. The summed E-state index contributed by atoms with van der Waals surface area (Å²) >= 11 is 5.24. The average Bonchev–Trinajstić information content (AvgIpc) is 2.13. The molecule has 0 saturated heterocycles. The smallest absolute Gasteiger partial charge is 0.187 e. The number of alkyl halides is 2. The molecule has 0 aromatic heterocycles. The van der Waals surface area contributed by atoms with Gasteiger partial charge in [0.05, 0.1) is 0 Å². The predicted octanol–water partition coefficient (Wildman–Crippen LogP) is 2.32. The van der Waals surface area contributed by atoms with Crippen molar-refractivity contribution < 1.29 is 4.39 Å². The monoisotopic (exact) mass is 122 g/mol. The van der Waals surface area contributed by atoms with Crippen molar-refractivity contribution in [3.05, 3.63) is 0 Å². The Labute approximate surface area is 47.7 Å². The third-order valence-electron chi connectivity index (χ3n) is 1.45. The zero-order chi connectivity index (χ0) is 5.49. The fourth-order valence-electron chi connectivity index (χ4n) is 0.713. The second-order valence-corrected chi connectivity index (χ2v) is 2.70. The molecule has 0 aromatic carbocycles. The summed E-state index contributed by atoms with van der Waals surface area (Å²) in [6, 6.07) is 0. The van der Waals surface area contributed by atoms with Crippen LogP contribution in [0.4, 0.5) is 4.39 Å². The van der Waals surface area contributed by atoms with Crippen LogP contribution in [0.1, 0.15) is 19.8 Å². The summed E-state index contributed by atoms with van der Waals surface area (Å²) in [6.45, 7) is 1.95. The lowest BCUT2D eigenvalue weighted by Crippen LogP contribution is -1.88. The first kappa shape index (κ1) is 5.36. The summed E-state index contributed by atoms with van der Waals surface area (Å²) in [7, 11) is 0. The molecular weight excluding hydrogens is 115 g/mol. The summed E-state index contributed by atoms with van der Waals surface area (Å²) < 4.78 is 12.2. The topological polar surface area (TPSA) is 0 Å². The van der Waals surface area contributed by atoms with Gasteiger partial charge in [-0.25, -0.2) is 4.39 Å². The van der Waals surface area contributed by atoms with Gasteiger partial charge in [0.2, 0.25) is 0 Å². The van der Waals surface area contributed by atoms with Crippen LogP contribution >= 0.6 is 11.6 Å². The second kappa shape index (κ2) is 1.35. The summed E-state index contributed by atoms with van der Waals surface area (Å²) in [5.74, 6) is 0.147. The first-order chi connectivity index (χ1) is 3.17. The van der Waals surface area contributed by atoms with Crippen LogP contribution in [0, 0.1) is 5.92 Å². The molecule has 2 atom stereocenters. The quantitative estimate of drug-likeness (QED) is 0.469. The van der Waals surface area contributed by atoms with Crippen LogP contribution in [0.5, 0.6) is 0 Å². The van der Waals surface area contributed by atoms with E-state index in [4.69, 9.17) is 11.6 Å². The third-order valence-corrected chi connectivity index (χ3v) is 1.91. The normalized spacial score (nSPS) is 49.3. The van der Waals surface area contributed by atoms with E-state index >= 15 is 0 Å². The van der Waals surface area contributed by atoms with Gasteiger partial charge < -0.3 is 0 Å². The van der Waals surface area contributed by atoms with Gasteiger partial charge in [0, 0.05) is 12.3 Å². The zero-order valence-corrected chi connectivity index (χ0v) is 5.00. The van der Waals surface area contributed by atoms with Gasteiger partial charge in [-0.3, -0.25) is 0 Å². The minimum Gasteiger partial charge on any atom is -0.226 e. The van der Waals surface area contributed by atoms with Crippen molar-refractivity contribution in [1.82, 2.24) is 0 Å². The van der Waals surface area contributed by atoms with Crippen molar-refractivity contribution in [2.24, 2.45) is 5.92 Å². The molecule has 0 aliphatic heterocycles. The molecule has 42 valence electrons. The maximum atomic E-state index is 12.2. The van der Waals surface area contributed by atoms with E-state index in [0.29, 0.717) is 6.42 Å². The van der Waals surface area contributed by atoms with Crippen LogP contribution in [0.3, 0.4) is 0 Å². The van der Waals surface area contributed by atoms with Gasteiger partial charge in [-0.05, 0) is 6.42 Å². The van der Waals surface area contributed by atoms with E-state index in [1.807, 2.05) is 6.92 Å². The first-order valence-corrected chi connectivity index (χ1v) is 2.92. The molecule has 0 spiro atoms. The van der Waals surface area contributed by atoms with Crippen LogP contribution in [0.25, 0.3) is 0 Å². The molecule has 1 saturated carbocycles. The van der Waals surface area contributed by atoms with Crippen molar-refractivity contribution in [3.8, 4) is 0 Å². The Balaban J connectivity index is 2.30. The number of halogens is 2. The lowest BCUT2D eigenvalue weighted by Gasteiger charge is -1.88. The SMILES string of the molecule is CC[C@H]1C[C@@]1(F)Cl. The van der Waals surface area contributed by atoms with Crippen molar-refractivity contribution in [3.63, 3.8) is 0 Å². The van der Waals surface area contributed by atoms with Crippen molar-refractivity contribution >= 4 is 11.6 Å². The Hall–Kier alpha value is 0.220. The Morgan fingerprint density at radius 1 is 2.00 bits per heavy atom. The van der Waals surface area contributed by atoms with E-state index < -0.39 is 5.13 Å². The fourth-order valence-corrected chi connectivity index (χ4v) is 1.05. The molecule has 1 aliphatic carbocycles. The summed E-state index contributed by atoms with van der Waals surface area (Å²) in [5, 5.41) is -1.31. The molecule has 0 radical (unpaired) electrons. The van der Waals surface area contributed by atoms with E-state index in [0.717, 1.165) is 6.42 Å². The van der Waals surface area contributed by atoms with Gasteiger partial charge >= 0.3 is 0 Å².